The molecule has 0 radical (unpaired) electrons. The average Bonchev–Trinajstić information content (AvgIpc) is 2.71. The van der Waals surface area contributed by atoms with Crippen molar-refractivity contribution in [3.8, 4) is 0 Å². The number of amides is 2. The smallest absolute Gasteiger partial charge is 0.323 e. The lowest BCUT2D eigenvalue weighted by Crippen LogP contribution is -2.49. The van der Waals surface area contributed by atoms with Crippen molar-refractivity contribution in [3.05, 3.63) is 69.8 Å². The second-order valence-corrected chi connectivity index (χ2v) is 7.99. The van der Waals surface area contributed by atoms with Gasteiger partial charge in [-0.3, -0.25) is 19.7 Å². The van der Waals surface area contributed by atoms with E-state index in [1.807, 2.05) is 5.32 Å². The molecule has 2 aromatic carbocycles. The highest BCUT2D eigenvalue weighted by Crippen LogP contribution is 2.20. The van der Waals surface area contributed by atoms with Crippen molar-refractivity contribution in [1.82, 2.24) is 10.0 Å². The lowest BCUT2D eigenvalue weighted by atomic mass is 10.0. The maximum atomic E-state index is 12.2. The Morgan fingerprint density at radius 3 is 2.13 bits per heavy atom. The summed E-state index contributed by atoms with van der Waals surface area (Å²) < 4.78 is 26.0. The summed E-state index contributed by atoms with van der Waals surface area (Å²) in [5.74, 6) is -2.91. The molecule has 2 amide bonds. The standard InChI is InChI=1S/C18H19N3O8S/c1-11-2-8-14(9-3-11)30(28,29)20-18(25)17(24)19-15(10-22)16(23)12-4-6-13(7-5-12)21(26)27/h2-9,15-16,22-23H,10H2,1H3,(H,19,24)(H,20,25)/t15-,16-/m1/s1. The van der Waals surface area contributed by atoms with Crippen LogP contribution in [-0.2, 0) is 19.6 Å². The zero-order valence-corrected chi connectivity index (χ0v) is 16.5. The van der Waals surface area contributed by atoms with Crippen LogP contribution in [-0.4, -0.2) is 48.0 Å². The highest BCUT2D eigenvalue weighted by atomic mass is 32.2. The molecule has 0 unspecified atom stereocenters. The van der Waals surface area contributed by atoms with Crippen LogP contribution in [0, 0.1) is 17.0 Å². The molecule has 0 aliphatic rings. The van der Waals surface area contributed by atoms with E-state index in [9.17, 15) is 38.3 Å². The van der Waals surface area contributed by atoms with Crippen molar-refractivity contribution >= 4 is 27.5 Å². The maximum absolute atomic E-state index is 12.2. The average molecular weight is 437 g/mol. The molecule has 160 valence electrons. The topological polar surface area (TPSA) is 176 Å². The number of sulfonamides is 1. The fraction of sp³-hybridized carbons (Fsp3) is 0.222. The molecule has 4 N–H and O–H groups in total. The Morgan fingerprint density at radius 1 is 1.07 bits per heavy atom. The molecule has 11 nitrogen and oxygen atoms in total. The predicted octanol–water partition coefficient (Wildman–Crippen LogP) is -0.0812. The first-order valence-corrected chi connectivity index (χ1v) is 10.0. The molecule has 2 rings (SSSR count). The summed E-state index contributed by atoms with van der Waals surface area (Å²) in [6, 6.07) is 8.87. The van der Waals surface area contributed by atoms with Crippen LogP contribution in [0.2, 0.25) is 0 Å². The minimum absolute atomic E-state index is 0.132. The number of hydrogen-bond donors (Lipinski definition) is 4. The summed E-state index contributed by atoms with van der Waals surface area (Å²) in [4.78, 5) is 33.9. The van der Waals surface area contributed by atoms with Crippen LogP contribution in [0.25, 0.3) is 0 Å². The highest BCUT2D eigenvalue weighted by Gasteiger charge is 2.28. The van der Waals surface area contributed by atoms with Gasteiger partial charge in [-0.1, -0.05) is 17.7 Å². The molecule has 12 heteroatoms. The first kappa shape index (κ1) is 22.9. The Kier molecular flexibility index (Phi) is 7.21. The minimum atomic E-state index is -4.30. The van der Waals surface area contributed by atoms with Crippen LogP contribution in [0.1, 0.15) is 17.2 Å². The summed E-state index contributed by atoms with van der Waals surface area (Å²) in [6.45, 7) is 0.954. The number of nitro groups is 1. The third kappa shape index (κ3) is 5.59. The Bertz CT molecular complexity index is 1040. The van der Waals surface area contributed by atoms with Crippen LogP contribution in [0.3, 0.4) is 0 Å². The monoisotopic (exact) mass is 437 g/mol. The minimum Gasteiger partial charge on any atom is -0.394 e. The molecule has 2 atom stereocenters. The van der Waals surface area contributed by atoms with Gasteiger partial charge in [-0.2, -0.15) is 0 Å². The van der Waals surface area contributed by atoms with E-state index in [2.05, 4.69) is 0 Å². The van der Waals surface area contributed by atoms with Gasteiger partial charge in [0.25, 0.3) is 15.7 Å². The van der Waals surface area contributed by atoms with E-state index in [0.29, 0.717) is 0 Å². The van der Waals surface area contributed by atoms with Gasteiger partial charge < -0.3 is 15.5 Å². The maximum Gasteiger partial charge on any atom is 0.323 e. The van der Waals surface area contributed by atoms with Crippen molar-refractivity contribution in [2.45, 2.75) is 24.0 Å². The summed E-state index contributed by atoms with van der Waals surface area (Å²) in [7, 11) is -4.30. The molecular weight excluding hydrogens is 418 g/mol. The van der Waals surface area contributed by atoms with Crippen molar-refractivity contribution in [1.29, 1.82) is 0 Å². The molecule has 30 heavy (non-hydrogen) atoms. The molecule has 0 saturated heterocycles. The fourth-order valence-corrected chi connectivity index (χ4v) is 3.38. The molecule has 0 aliphatic heterocycles. The lowest BCUT2D eigenvalue weighted by Gasteiger charge is -2.22. The Morgan fingerprint density at radius 2 is 1.63 bits per heavy atom. The third-order valence-corrected chi connectivity index (χ3v) is 5.45. The van der Waals surface area contributed by atoms with Crippen LogP contribution in [0.4, 0.5) is 5.69 Å². The number of nitrogens with one attached hydrogen (secondary N) is 2. The zero-order valence-electron chi connectivity index (χ0n) is 15.7. The van der Waals surface area contributed by atoms with Gasteiger partial charge in [0.15, 0.2) is 0 Å². The molecule has 0 fully saturated rings. The molecular formula is C18H19N3O8S. The van der Waals surface area contributed by atoms with Gasteiger partial charge in [0.1, 0.15) is 6.10 Å². The van der Waals surface area contributed by atoms with Crippen LogP contribution < -0.4 is 10.0 Å². The lowest BCUT2D eigenvalue weighted by molar-refractivity contribution is -0.384. The Hall–Kier alpha value is -3.35. The SMILES string of the molecule is Cc1ccc(S(=O)(=O)NC(=O)C(=O)N[C@H](CO)[C@H](O)c2ccc([N+](=O)[O-])cc2)cc1. The number of hydrogen-bond acceptors (Lipinski definition) is 8. The number of aryl methyl sites for hydroxylation is 1. The van der Waals surface area contributed by atoms with E-state index in [4.69, 9.17) is 0 Å². The number of aliphatic hydroxyl groups excluding tert-OH is 2. The normalized spacial score (nSPS) is 13.2. The van der Waals surface area contributed by atoms with Crippen LogP contribution in [0.15, 0.2) is 53.4 Å². The highest BCUT2D eigenvalue weighted by molar-refractivity contribution is 7.90. The summed E-state index contributed by atoms with van der Waals surface area (Å²) >= 11 is 0. The van der Waals surface area contributed by atoms with Crippen molar-refractivity contribution in [2.75, 3.05) is 6.61 Å². The number of rotatable bonds is 7. The number of aliphatic hydroxyl groups is 2. The molecule has 0 spiro atoms. The number of nitro benzene ring substituents is 1. The fourth-order valence-electron chi connectivity index (χ4n) is 2.43. The summed E-state index contributed by atoms with van der Waals surface area (Å²) in [5.41, 5.74) is 0.702. The molecule has 2 aromatic rings. The van der Waals surface area contributed by atoms with Crippen LogP contribution in [0.5, 0.6) is 0 Å². The second kappa shape index (κ2) is 9.43. The van der Waals surface area contributed by atoms with Gasteiger partial charge in [0.2, 0.25) is 0 Å². The summed E-state index contributed by atoms with van der Waals surface area (Å²) in [6.07, 6.45) is -1.51. The van der Waals surface area contributed by atoms with Gasteiger partial charge >= 0.3 is 11.8 Å². The van der Waals surface area contributed by atoms with Gasteiger partial charge in [0.05, 0.1) is 22.5 Å². The van der Waals surface area contributed by atoms with Crippen molar-refractivity contribution in [3.63, 3.8) is 0 Å². The molecule has 0 heterocycles. The first-order valence-electron chi connectivity index (χ1n) is 8.52. The number of carbonyl (C=O) groups is 2. The van der Waals surface area contributed by atoms with Crippen molar-refractivity contribution in [2.24, 2.45) is 0 Å². The summed E-state index contributed by atoms with van der Waals surface area (Å²) in [5, 5.41) is 32.4. The largest absolute Gasteiger partial charge is 0.394 e. The van der Waals surface area contributed by atoms with Gasteiger partial charge in [0, 0.05) is 12.1 Å². The van der Waals surface area contributed by atoms with E-state index >= 15 is 0 Å². The number of nitrogens with zero attached hydrogens (tertiary/aromatic N) is 1. The Labute approximate surface area is 171 Å². The Balaban J connectivity index is 2.07. The molecule has 0 saturated carbocycles. The van der Waals surface area contributed by atoms with E-state index < -0.39 is 45.5 Å². The third-order valence-electron chi connectivity index (χ3n) is 4.10. The van der Waals surface area contributed by atoms with Gasteiger partial charge in [-0.15, -0.1) is 0 Å². The predicted molar refractivity (Wildman–Crippen MR) is 104 cm³/mol. The second-order valence-electron chi connectivity index (χ2n) is 6.30. The van der Waals surface area contributed by atoms with Gasteiger partial charge in [-0.05, 0) is 36.8 Å². The number of carbonyl (C=O) groups excluding carboxylic acids is 2. The molecule has 0 aliphatic carbocycles. The van der Waals surface area contributed by atoms with E-state index in [0.717, 1.165) is 17.7 Å². The molecule has 0 aromatic heterocycles. The number of benzene rings is 2. The zero-order chi connectivity index (χ0) is 22.5. The van der Waals surface area contributed by atoms with Gasteiger partial charge in [-0.25, -0.2) is 13.1 Å². The van der Waals surface area contributed by atoms with Crippen molar-refractivity contribution < 1.29 is 33.1 Å². The van der Waals surface area contributed by atoms with E-state index in [1.54, 1.807) is 11.6 Å². The quantitative estimate of drug-likeness (QED) is 0.264. The first-order chi connectivity index (χ1) is 14.0. The van der Waals surface area contributed by atoms with E-state index in [-0.39, 0.29) is 16.1 Å². The number of non-ortho nitro benzene ring substituents is 1. The van der Waals surface area contributed by atoms with E-state index in [1.165, 1.54) is 36.4 Å². The molecule has 0 bridgehead atoms. The van der Waals surface area contributed by atoms with Crippen LogP contribution >= 0.6 is 0 Å².